The van der Waals surface area contributed by atoms with Crippen molar-refractivity contribution in [3.63, 3.8) is 0 Å². The molecule has 0 nitrogen and oxygen atoms in total. The average Bonchev–Trinajstić information content (AvgIpc) is 2.50. The molecule has 126 valence electrons. The summed E-state index contributed by atoms with van der Waals surface area (Å²) >= 11 is 4.00. The van der Waals surface area contributed by atoms with Crippen LogP contribution < -0.4 is 0 Å². The molecule has 0 bridgehead atoms. The van der Waals surface area contributed by atoms with Crippen LogP contribution in [0, 0.1) is 5.92 Å². The van der Waals surface area contributed by atoms with Gasteiger partial charge < -0.3 is 0 Å². The molecule has 0 aromatic heterocycles. The molecule has 2 unspecified atom stereocenters. The monoisotopic (exact) mass is 366 g/mol. The van der Waals surface area contributed by atoms with Crippen LogP contribution in [-0.2, 0) is 6.42 Å². The van der Waals surface area contributed by atoms with Crippen molar-refractivity contribution in [3.05, 3.63) is 35.9 Å². The number of unbranched alkanes of at least 4 members (excludes halogenated alkanes) is 7. The zero-order valence-electron chi connectivity index (χ0n) is 14.9. The van der Waals surface area contributed by atoms with Crippen molar-refractivity contribution in [1.29, 1.82) is 0 Å². The van der Waals surface area contributed by atoms with Gasteiger partial charge in [-0.2, -0.15) is 0 Å². The fourth-order valence-corrected chi connectivity index (χ4v) is 3.61. The Bertz CT molecular complexity index is 369. The largest absolute Gasteiger partial charge is 0.0850 e. The standard InChI is InChI=1S/C21H35Br/c1-4-5-6-7-8-9-10-12-15-19(2)21(3,22)18-20-16-13-11-14-17-20/h11,13-14,16-17,19H,4-10,12,15,18H2,1-3H3. The van der Waals surface area contributed by atoms with Crippen LogP contribution in [0.1, 0.15) is 84.1 Å². The van der Waals surface area contributed by atoms with Gasteiger partial charge in [-0.15, -0.1) is 0 Å². The molecule has 0 amide bonds. The van der Waals surface area contributed by atoms with Crippen LogP contribution in [0.2, 0.25) is 0 Å². The van der Waals surface area contributed by atoms with Crippen molar-refractivity contribution in [2.24, 2.45) is 5.92 Å². The Balaban J connectivity index is 2.16. The average molecular weight is 367 g/mol. The number of rotatable bonds is 12. The van der Waals surface area contributed by atoms with Gasteiger partial charge in [-0.05, 0) is 31.2 Å². The number of halogens is 1. The van der Waals surface area contributed by atoms with E-state index in [0.29, 0.717) is 5.92 Å². The van der Waals surface area contributed by atoms with E-state index in [1.807, 2.05) is 0 Å². The highest BCUT2D eigenvalue weighted by atomic mass is 79.9. The Labute approximate surface area is 147 Å². The summed E-state index contributed by atoms with van der Waals surface area (Å²) in [6.07, 6.45) is 13.7. The fraction of sp³-hybridized carbons (Fsp3) is 0.714. The normalized spacial score (nSPS) is 15.5. The van der Waals surface area contributed by atoms with E-state index in [1.165, 1.54) is 63.4 Å². The smallest absolute Gasteiger partial charge is 0.0295 e. The molecule has 22 heavy (non-hydrogen) atoms. The first-order chi connectivity index (χ1) is 10.6. The third-order valence-electron chi connectivity index (χ3n) is 4.91. The summed E-state index contributed by atoms with van der Waals surface area (Å²) in [6.45, 7) is 7.04. The summed E-state index contributed by atoms with van der Waals surface area (Å²) in [5.41, 5.74) is 1.43. The Kier molecular flexibility index (Phi) is 10.1. The number of benzene rings is 1. The maximum atomic E-state index is 4.00. The van der Waals surface area contributed by atoms with E-state index in [4.69, 9.17) is 0 Å². The van der Waals surface area contributed by atoms with Crippen LogP contribution in [0.25, 0.3) is 0 Å². The molecule has 1 rings (SSSR count). The van der Waals surface area contributed by atoms with Gasteiger partial charge in [-0.25, -0.2) is 0 Å². The van der Waals surface area contributed by atoms with E-state index in [9.17, 15) is 0 Å². The lowest BCUT2D eigenvalue weighted by Gasteiger charge is -2.30. The minimum Gasteiger partial charge on any atom is -0.0850 e. The predicted molar refractivity (Wildman–Crippen MR) is 104 cm³/mol. The molecule has 1 aromatic carbocycles. The Morgan fingerprint density at radius 3 is 2.05 bits per heavy atom. The van der Waals surface area contributed by atoms with Gasteiger partial charge >= 0.3 is 0 Å². The maximum absolute atomic E-state index is 4.00. The Hall–Kier alpha value is -0.300. The second kappa shape index (κ2) is 11.3. The van der Waals surface area contributed by atoms with Crippen LogP contribution in [0.15, 0.2) is 30.3 Å². The van der Waals surface area contributed by atoms with Crippen LogP contribution in [0.3, 0.4) is 0 Å². The highest BCUT2D eigenvalue weighted by Gasteiger charge is 2.27. The van der Waals surface area contributed by atoms with E-state index in [-0.39, 0.29) is 4.32 Å². The highest BCUT2D eigenvalue weighted by molar-refractivity contribution is 9.10. The molecule has 0 radical (unpaired) electrons. The first kappa shape index (κ1) is 19.7. The Morgan fingerprint density at radius 1 is 0.909 bits per heavy atom. The zero-order valence-corrected chi connectivity index (χ0v) is 16.5. The van der Waals surface area contributed by atoms with E-state index >= 15 is 0 Å². The molecule has 0 aliphatic heterocycles. The summed E-state index contributed by atoms with van der Waals surface area (Å²) in [7, 11) is 0. The van der Waals surface area contributed by atoms with Gasteiger partial charge in [0.2, 0.25) is 0 Å². The molecule has 0 spiro atoms. The highest BCUT2D eigenvalue weighted by Crippen LogP contribution is 2.34. The van der Waals surface area contributed by atoms with Crippen molar-refractivity contribution < 1.29 is 0 Å². The third-order valence-corrected chi connectivity index (χ3v) is 5.97. The van der Waals surface area contributed by atoms with Crippen LogP contribution >= 0.6 is 15.9 Å². The number of hydrogen-bond acceptors (Lipinski definition) is 0. The minimum absolute atomic E-state index is 0.218. The second-order valence-corrected chi connectivity index (χ2v) is 8.92. The Morgan fingerprint density at radius 2 is 1.45 bits per heavy atom. The molecule has 0 fully saturated rings. The molecular formula is C21H35Br. The quantitative estimate of drug-likeness (QED) is 0.264. The molecule has 0 N–H and O–H groups in total. The molecule has 0 aliphatic carbocycles. The van der Waals surface area contributed by atoms with Gasteiger partial charge in [0.05, 0.1) is 0 Å². The summed E-state index contributed by atoms with van der Waals surface area (Å²) in [6, 6.07) is 10.9. The SMILES string of the molecule is CCCCCCCCCCC(C)C(C)(Br)Cc1ccccc1. The van der Waals surface area contributed by atoms with E-state index in [0.717, 1.165) is 6.42 Å². The molecule has 0 saturated heterocycles. The number of hydrogen-bond donors (Lipinski definition) is 0. The van der Waals surface area contributed by atoms with Gasteiger partial charge in [0, 0.05) is 4.32 Å². The lowest BCUT2D eigenvalue weighted by atomic mass is 9.86. The molecular weight excluding hydrogens is 332 g/mol. The zero-order chi connectivity index (χ0) is 16.3. The second-order valence-electron chi connectivity index (χ2n) is 7.11. The first-order valence-corrected chi connectivity index (χ1v) is 10.1. The van der Waals surface area contributed by atoms with Crippen LogP contribution in [0.4, 0.5) is 0 Å². The van der Waals surface area contributed by atoms with Crippen LogP contribution in [-0.4, -0.2) is 4.32 Å². The van der Waals surface area contributed by atoms with E-state index in [2.05, 4.69) is 67.0 Å². The van der Waals surface area contributed by atoms with Gasteiger partial charge in [0.15, 0.2) is 0 Å². The topological polar surface area (TPSA) is 0 Å². The van der Waals surface area contributed by atoms with Gasteiger partial charge in [-0.3, -0.25) is 0 Å². The lowest BCUT2D eigenvalue weighted by Crippen LogP contribution is -2.28. The van der Waals surface area contributed by atoms with Crippen molar-refractivity contribution in [2.45, 2.75) is 89.3 Å². The van der Waals surface area contributed by atoms with Crippen molar-refractivity contribution in [3.8, 4) is 0 Å². The molecule has 1 aromatic rings. The van der Waals surface area contributed by atoms with E-state index < -0.39 is 0 Å². The predicted octanol–water partition coefficient (Wildman–Crippen LogP) is 7.55. The number of alkyl halides is 1. The maximum Gasteiger partial charge on any atom is 0.0295 e. The molecule has 0 heterocycles. The lowest BCUT2D eigenvalue weighted by molar-refractivity contribution is 0.391. The van der Waals surface area contributed by atoms with Crippen molar-refractivity contribution >= 4 is 15.9 Å². The van der Waals surface area contributed by atoms with Gasteiger partial charge in [-0.1, -0.05) is 111 Å². The fourth-order valence-electron chi connectivity index (χ4n) is 3.05. The molecule has 2 atom stereocenters. The summed E-state index contributed by atoms with van der Waals surface area (Å²) < 4.78 is 0.218. The van der Waals surface area contributed by atoms with E-state index in [1.54, 1.807) is 0 Å². The van der Waals surface area contributed by atoms with Gasteiger partial charge in [0.25, 0.3) is 0 Å². The summed E-state index contributed by atoms with van der Waals surface area (Å²) in [4.78, 5) is 0. The molecule has 0 aliphatic rings. The van der Waals surface area contributed by atoms with Gasteiger partial charge in [0.1, 0.15) is 0 Å². The van der Waals surface area contributed by atoms with Crippen LogP contribution in [0.5, 0.6) is 0 Å². The summed E-state index contributed by atoms with van der Waals surface area (Å²) in [5.74, 6) is 0.716. The minimum atomic E-state index is 0.218. The summed E-state index contributed by atoms with van der Waals surface area (Å²) in [5, 5.41) is 0. The molecule has 0 saturated carbocycles. The van der Waals surface area contributed by atoms with Crippen molar-refractivity contribution in [2.75, 3.05) is 0 Å². The molecule has 1 heteroatoms. The van der Waals surface area contributed by atoms with Crippen molar-refractivity contribution in [1.82, 2.24) is 0 Å². The third kappa shape index (κ3) is 8.36. The first-order valence-electron chi connectivity index (χ1n) is 9.29.